The Balaban J connectivity index is 1.57. The van der Waals surface area contributed by atoms with Crippen LogP contribution in [0.5, 0.6) is 0 Å². The number of carbonyl (C=O) groups excluding carboxylic acids is 2. The van der Waals surface area contributed by atoms with Gasteiger partial charge in [-0.25, -0.2) is 4.79 Å². The molecule has 1 saturated carbocycles. The van der Waals surface area contributed by atoms with Crippen molar-refractivity contribution in [3.63, 3.8) is 0 Å². The third-order valence-electron chi connectivity index (χ3n) is 9.41. The molecule has 1 saturated heterocycles. The van der Waals surface area contributed by atoms with Crippen molar-refractivity contribution < 1.29 is 34.0 Å². The molecule has 1 unspecified atom stereocenters. The van der Waals surface area contributed by atoms with E-state index in [2.05, 4.69) is 0 Å². The largest absolute Gasteiger partial charge is 0.459 e. The average Bonchev–Trinajstić information content (AvgIpc) is 3.53. The molecule has 42 heavy (non-hydrogen) atoms. The number of aliphatic hydroxyl groups excluding tert-OH is 2. The lowest BCUT2D eigenvalue weighted by molar-refractivity contribution is -0.162. The number of hydrogen-bond donors (Lipinski definition) is 2. The molecule has 3 aliphatic rings. The number of fused-ring (bicyclic) bond motifs is 2. The van der Waals surface area contributed by atoms with Crippen molar-refractivity contribution in [2.24, 2.45) is 11.3 Å². The number of allylic oxidation sites excluding steroid dienone is 2. The van der Waals surface area contributed by atoms with Crippen molar-refractivity contribution in [2.45, 2.75) is 96.4 Å². The molecule has 2 fully saturated rings. The van der Waals surface area contributed by atoms with E-state index in [0.29, 0.717) is 30.4 Å². The van der Waals surface area contributed by atoms with Gasteiger partial charge in [0, 0.05) is 11.3 Å². The maximum atomic E-state index is 13.5. The van der Waals surface area contributed by atoms with Crippen LogP contribution < -0.4 is 0 Å². The molecule has 0 aromatic heterocycles. The SMILES string of the molecule is CC(C)=C1[C@@H]2[C@H](O)[C@@H](O)/C(C)=C\CC[C@]3(C)O[C@H]3C(OC(=O)Cc3ccccc3)[C@@]2(C)C[C@H]1OC(=O)c1ccccc1. The Hall–Kier alpha value is -3.26. The minimum atomic E-state index is -1.23. The zero-order chi connectivity index (χ0) is 30.2. The van der Waals surface area contributed by atoms with Gasteiger partial charge in [0.2, 0.25) is 0 Å². The van der Waals surface area contributed by atoms with Crippen LogP contribution in [-0.2, 0) is 25.4 Å². The van der Waals surface area contributed by atoms with Crippen LogP contribution in [0.1, 0.15) is 69.8 Å². The van der Waals surface area contributed by atoms with E-state index in [-0.39, 0.29) is 6.42 Å². The van der Waals surface area contributed by atoms with E-state index in [1.807, 2.05) is 77.1 Å². The molecule has 1 aliphatic heterocycles. The predicted octanol–water partition coefficient (Wildman–Crippen LogP) is 5.35. The van der Waals surface area contributed by atoms with Crippen molar-refractivity contribution in [2.75, 3.05) is 0 Å². The lowest BCUT2D eigenvalue weighted by Crippen LogP contribution is -2.50. The zero-order valence-corrected chi connectivity index (χ0v) is 25.1. The Morgan fingerprint density at radius 3 is 2.26 bits per heavy atom. The number of epoxide rings is 1. The summed E-state index contributed by atoms with van der Waals surface area (Å²) in [7, 11) is 0. The van der Waals surface area contributed by atoms with Gasteiger partial charge in [0.05, 0.1) is 23.7 Å². The highest BCUT2D eigenvalue weighted by molar-refractivity contribution is 5.89. The molecule has 8 atom stereocenters. The fourth-order valence-corrected chi connectivity index (χ4v) is 7.05. The summed E-state index contributed by atoms with van der Waals surface area (Å²) < 4.78 is 18.8. The standard InChI is InChI=1S/C35H42O7/c1-21(2)27-25(40-33(39)24-16-10-7-11-17-24)20-34(4)28(27)30(38)29(37)22(3)13-12-18-35(5)32(42-35)31(34)41-26(36)19-23-14-8-6-9-15-23/h6-11,13-17,25,28-32,37-38H,12,18-20H2,1-5H3/b22-13-/t25-,28-,29+,30+,31?,32+,34+,35+/m1/s1. The monoisotopic (exact) mass is 574 g/mol. The van der Waals surface area contributed by atoms with Crippen LogP contribution >= 0.6 is 0 Å². The van der Waals surface area contributed by atoms with Crippen LogP contribution in [0.3, 0.4) is 0 Å². The van der Waals surface area contributed by atoms with E-state index in [1.54, 1.807) is 24.3 Å². The summed E-state index contributed by atoms with van der Waals surface area (Å²) in [4.78, 5) is 26.7. The summed E-state index contributed by atoms with van der Waals surface area (Å²) in [5.41, 5.74) is 2.09. The van der Waals surface area contributed by atoms with Crippen LogP contribution in [0.4, 0.5) is 0 Å². The second-order valence-corrected chi connectivity index (χ2v) is 12.7. The molecule has 0 amide bonds. The number of rotatable bonds is 5. The van der Waals surface area contributed by atoms with Crippen LogP contribution in [-0.4, -0.2) is 58.3 Å². The van der Waals surface area contributed by atoms with E-state index in [1.165, 1.54) is 0 Å². The van der Waals surface area contributed by atoms with E-state index in [0.717, 1.165) is 16.7 Å². The topological polar surface area (TPSA) is 106 Å². The average molecular weight is 575 g/mol. The highest BCUT2D eigenvalue weighted by atomic mass is 16.6. The Labute approximate surface area is 248 Å². The van der Waals surface area contributed by atoms with Gasteiger partial charge >= 0.3 is 11.9 Å². The molecule has 5 rings (SSSR count). The minimum Gasteiger partial charge on any atom is -0.459 e. The molecule has 7 heteroatoms. The van der Waals surface area contributed by atoms with E-state index in [9.17, 15) is 19.8 Å². The number of hydrogen-bond acceptors (Lipinski definition) is 7. The Bertz CT molecular complexity index is 1360. The highest BCUT2D eigenvalue weighted by Crippen LogP contribution is 2.59. The van der Waals surface area contributed by atoms with E-state index >= 15 is 0 Å². The summed E-state index contributed by atoms with van der Waals surface area (Å²) in [5.74, 6) is -1.54. The molecule has 7 nitrogen and oxygen atoms in total. The molecule has 0 spiro atoms. The smallest absolute Gasteiger partial charge is 0.338 e. The number of esters is 2. The third-order valence-corrected chi connectivity index (χ3v) is 9.41. The maximum absolute atomic E-state index is 13.5. The quantitative estimate of drug-likeness (QED) is 0.282. The summed E-state index contributed by atoms with van der Waals surface area (Å²) in [6.45, 7) is 9.65. The first-order valence-electron chi connectivity index (χ1n) is 14.8. The molecule has 2 aliphatic carbocycles. The number of benzene rings is 2. The fraction of sp³-hybridized carbons (Fsp3) is 0.486. The predicted molar refractivity (Wildman–Crippen MR) is 159 cm³/mol. The van der Waals surface area contributed by atoms with Crippen LogP contribution in [0.2, 0.25) is 0 Å². The van der Waals surface area contributed by atoms with Crippen molar-refractivity contribution in [3.05, 3.63) is 94.6 Å². The molecule has 224 valence electrons. The minimum absolute atomic E-state index is 0.0925. The maximum Gasteiger partial charge on any atom is 0.338 e. The molecule has 0 bridgehead atoms. The van der Waals surface area contributed by atoms with Gasteiger partial charge in [-0.2, -0.15) is 0 Å². The van der Waals surface area contributed by atoms with E-state index in [4.69, 9.17) is 14.2 Å². The first-order valence-corrected chi connectivity index (χ1v) is 14.8. The molecular weight excluding hydrogens is 532 g/mol. The second kappa shape index (κ2) is 11.8. The van der Waals surface area contributed by atoms with Crippen LogP contribution in [0, 0.1) is 11.3 Å². The first kappa shape index (κ1) is 30.2. The highest BCUT2D eigenvalue weighted by Gasteiger charge is 2.67. The van der Waals surface area contributed by atoms with Crippen molar-refractivity contribution in [1.82, 2.24) is 0 Å². The molecule has 1 heterocycles. The lowest BCUT2D eigenvalue weighted by Gasteiger charge is -2.41. The third kappa shape index (κ3) is 5.83. The van der Waals surface area contributed by atoms with Crippen LogP contribution in [0.25, 0.3) is 0 Å². The Morgan fingerprint density at radius 2 is 1.62 bits per heavy atom. The normalized spacial score (nSPS) is 35.5. The van der Waals surface area contributed by atoms with Gasteiger partial charge in [-0.15, -0.1) is 0 Å². The van der Waals surface area contributed by atoms with Crippen molar-refractivity contribution >= 4 is 11.9 Å². The van der Waals surface area contributed by atoms with Gasteiger partial charge in [0.15, 0.2) is 0 Å². The van der Waals surface area contributed by atoms with Crippen LogP contribution in [0.15, 0.2) is 83.5 Å². The molecule has 2 N–H and O–H groups in total. The summed E-state index contributed by atoms with van der Waals surface area (Å²) >= 11 is 0. The Kier molecular flexibility index (Phi) is 8.48. The van der Waals surface area contributed by atoms with Gasteiger partial charge in [-0.05, 0) is 75.8 Å². The molecule has 2 aromatic carbocycles. The van der Waals surface area contributed by atoms with Gasteiger partial charge < -0.3 is 24.4 Å². The van der Waals surface area contributed by atoms with E-state index < -0.39 is 59.4 Å². The number of ether oxygens (including phenoxy) is 3. The number of aliphatic hydroxyl groups is 2. The van der Waals surface area contributed by atoms with Gasteiger partial charge in [-0.3, -0.25) is 4.79 Å². The molecular formula is C35H42O7. The zero-order valence-electron chi connectivity index (χ0n) is 25.1. The number of carbonyl (C=O) groups is 2. The van der Waals surface area contributed by atoms with Gasteiger partial charge in [0.25, 0.3) is 0 Å². The summed E-state index contributed by atoms with van der Waals surface area (Å²) in [6.07, 6.45) is -0.562. The van der Waals surface area contributed by atoms with Gasteiger partial charge in [0.1, 0.15) is 24.4 Å². The fourth-order valence-electron chi connectivity index (χ4n) is 7.05. The second-order valence-electron chi connectivity index (χ2n) is 12.7. The summed E-state index contributed by atoms with van der Waals surface area (Å²) in [6, 6.07) is 18.2. The first-order chi connectivity index (χ1) is 19.9. The molecule has 0 radical (unpaired) electrons. The summed E-state index contributed by atoms with van der Waals surface area (Å²) in [5, 5.41) is 23.3. The van der Waals surface area contributed by atoms with Crippen molar-refractivity contribution in [3.8, 4) is 0 Å². The Morgan fingerprint density at radius 1 is 0.976 bits per heavy atom. The lowest BCUT2D eigenvalue weighted by atomic mass is 9.67. The van der Waals surface area contributed by atoms with Crippen molar-refractivity contribution in [1.29, 1.82) is 0 Å². The molecule has 2 aromatic rings. The van der Waals surface area contributed by atoms with Gasteiger partial charge in [-0.1, -0.05) is 67.1 Å².